The molecule has 0 bridgehead atoms. The van der Waals surface area contributed by atoms with E-state index in [0.717, 1.165) is 26.1 Å². The predicted molar refractivity (Wildman–Crippen MR) is 237 cm³/mol. The zero-order valence-corrected chi connectivity index (χ0v) is 38.3. The molecule has 0 aromatic rings. The Balaban J connectivity index is 3.05. The van der Waals surface area contributed by atoms with Crippen LogP contribution in [0, 0.1) is 0 Å². The molecular weight excluding hydrogens is 741 g/mol. The number of hydrogen-bond acceptors (Lipinski definition) is 11. The molecule has 0 aliphatic rings. The van der Waals surface area contributed by atoms with Gasteiger partial charge in [-0.2, -0.15) is 0 Å². The molecule has 11 heteroatoms. The van der Waals surface area contributed by atoms with Gasteiger partial charge in [0.1, 0.15) is 0 Å². The monoisotopic (exact) mass is 837 g/mol. The van der Waals surface area contributed by atoms with E-state index >= 15 is 0 Å². The summed E-state index contributed by atoms with van der Waals surface area (Å²) in [6.45, 7) is 17.5. The lowest BCUT2D eigenvalue weighted by Gasteiger charge is -2.09. The van der Waals surface area contributed by atoms with Crippen molar-refractivity contribution in [1.29, 1.82) is 0 Å². The Kier molecular flexibility index (Phi) is 56.1. The molecule has 0 radical (unpaired) electrons. The Labute approximate surface area is 358 Å². The van der Waals surface area contributed by atoms with Crippen molar-refractivity contribution in [3.05, 3.63) is 0 Å². The maximum absolute atomic E-state index is 5.69. The molecular formula is C47H96O11. The lowest BCUT2D eigenvalue weighted by Crippen LogP contribution is -2.15. The lowest BCUT2D eigenvalue weighted by atomic mass is 10.0. The first kappa shape index (κ1) is 57.6. The molecule has 0 aromatic heterocycles. The van der Waals surface area contributed by atoms with Crippen LogP contribution in [0.25, 0.3) is 0 Å². The van der Waals surface area contributed by atoms with Gasteiger partial charge in [-0.05, 0) is 12.8 Å². The average Bonchev–Trinajstić information content (AvgIpc) is 3.23. The summed E-state index contributed by atoms with van der Waals surface area (Å²) in [7, 11) is 0. The molecule has 0 amide bonds. The van der Waals surface area contributed by atoms with Gasteiger partial charge in [-0.3, -0.25) is 0 Å². The smallest absolute Gasteiger partial charge is 0.0701 e. The largest absolute Gasteiger partial charge is 0.379 e. The SMILES string of the molecule is CCCCCCCCCCCCCCCOCCOCCOCCOCCOCCOCCOCCOCCOCCOCCOCCCCCCCCCCCC. The van der Waals surface area contributed by atoms with Gasteiger partial charge in [-0.25, -0.2) is 0 Å². The van der Waals surface area contributed by atoms with Crippen LogP contribution in [0.1, 0.15) is 162 Å². The number of hydrogen-bond donors (Lipinski definition) is 0. The first-order valence-corrected chi connectivity index (χ1v) is 24.3. The summed E-state index contributed by atoms with van der Waals surface area (Å²) in [6, 6.07) is 0. The van der Waals surface area contributed by atoms with Crippen LogP contribution < -0.4 is 0 Å². The lowest BCUT2D eigenvalue weighted by molar-refractivity contribution is -0.0275. The molecule has 0 fully saturated rings. The van der Waals surface area contributed by atoms with Crippen molar-refractivity contribution in [2.45, 2.75) is 162 Å². The van der Waals surface area contributed by atoms with Gasteiger partial charge in [-0.15, -0.1) is 0 Å². The highest BCUT2D eigenvalue weighted by molar-refractivity contribution is 4.50. The molecule has 0 N–H and O–H groups in total. The predicted octanol–water partition coefficient (Wildman–Crippen LogP) is 10.2. The molecule has 58 heavy (non-hydrogen) atoms. The van der Waals surface area contributed by atoms with E-state index in [-0.39, 0.29) is 0 Å². The summed E-state index contributed by atoms with van der Waals surface area (Å²) in [6.07, 6.45) is 31.3. The minimum atomic E-state index is 0.529. The fourth-order valence-corrected chi connectivity index (χ4v) is 6.21. The zero-order valence-electron chi connectivity index (χ0n) is 38.3. The minimum absolute atomic E-state index is 0.529. The third-order valence-corrected chi connectivity index (χ3v) is 9.75. The normalized spacial score (nSPS) is 11.7. The minimum Gasteiger partial charge on any atom is -0.379 e. The van der Waals surface area contributed by atoms with Crippen molar-refractivity contribution in [3.63, 3.8) is 0 Å². The first-order valence-electron chi connectivity index (χ1n) is 24.3. The fourth-order valence-electron chi connectivity index (χ4n) is 6.21. The average molecular weight is 837 g/mol. The van der Waals surface area contributed by atoms with Crippen molar-refractivity contribution >= 4 is 0 Å². The first-order chi connectivity index (χ1) is 28.9. The summed E-state index contributed by atoms with van der Waals surface area (Å²) in [5, 5.41) is 0. The van der Waals surface area contributed by atoms with Crippen LogP contribution in [0.4, 0.5) is 0 Å². The zero-order chi connectivity index (χ0) is 41.6. The molecule has 0 atom stereocenters. The van der Waals surface area contributed by atoms with Crippen molar-refractivity contribution in [2.75, 3.05) is 145 Å². The van der Waals surface area contributed by atoms with Gasteiger partial charge in [0.2, 0.25) is 0 Å². The fraction of sp³-hybridized carbons (Fsp3) is 1.00. The molecule has 0 spiro atoms. The van der Waals surface area contributed by atoms with Gasteiger partial charge in [0.25, 0.3) is 0 Å². The Morgan fingerprint density at radius 3 is 0.414 bits per heavy atom. The molecule has 0 heterocycles. The Morgan fingerprint density at radius 1 is 0.138 bits per heavy atom. The highest BCUT2D eigenvalue weighted by Crippen LogP contribution is 2.13. The molecule has 0 unspecified atom stereocenters. The Hall–Kier alpha value is -0.440. The topological polar surface area (TPSA) is 102 Å². The summed E-state index contributed by atoms with van der Waals surface area (Å²) in [5.74, 6) is 0. The van der Waals surface area contributed by atoms with E-state index in [4.69, 9.17) is 52.1 Å². The third kappa shape index (κ3) is 55.6. The standard InChI is InChI=1S/C47H96O11/c1-3-5-7-9-11-13-15-16-17-19-21-23-25-27-49-29-31-51-33-35-53-37-39-55-41-43-57-45-47-58-46-44-56-42-40-54-38-36-52-34-32-50-30-28-48-26-24-22-20-18-14-12-10-8-6-4-2/h3-47H2,1-2H3. The van der Waals surface area contributed by atoms with Gasteiger partial charge >= 0.3 is 0 Å². The second-order valence-electron chi connectivity index (χ2n) is 15.2. The molecule has 0 saturated heterocycles. The van der Waals surface area contributed by atoms with Crippen LogP contribution in [0.3, 0.4) is 0 Å². The van der Waals surface area contributed by atoms with Crippen LogP contribution in [0.5, 0.6) is 0 Å². The van der Waals surface area contributed by atoms with E-state index in [1.165, 1.54) is 135 Å². The van der Waals surface area contributed by atoms with Crippen LogP contribution in [-0.4, -0.2) is 145 Å². The van der Waals surface area contributed by atoms with Crippen LogP contribution in [-0.2, 0) is 52.1 Å². The van der Waals surface area contributed by atoms with Crippen molar-refractivity contribution < 1.29 is 52.1 Å². The van der Waals surface area contributed by atoms with E-state index in [1.807, 2.05) is 0 Å². The van der Waals surface area contributed by atoms with Gasteiger partial charge in [0.05, 0.1) is 132 Å². The van der Waals surface area contributed by atoms with Crippen molar-refractivity contribution in [3.8, 4) is 0 Å². The molecule has 0 aliphatic heterocycles. The van der Waals surface area contributed by atoms with Crippen LogP contribution >= 0.6 is 0 Å². The molecule has 350 valence electrons. The van der Waals surface area contributed by atoms with Gasteiger partial charge in [0.15, 0.2) is 0 Å². The van der Waals surface area contributed by atoms with Crippen molar-refractivity contribution in [2.24, 2.45) is 0 Å². The van der Waals surface area contributed by atoms with E-state index in [9.17, 15) is 0 Å². The van der Waals surface area contributed by atoms with Gasteiger partial charge in [-0.1, -0.05) is 149 Å². The quantitative estimate of drug-likeness (QED) is 0.0547. The maximum atomic E-state index is 5.69. The summed E-state index contributed by atoms with van der Waals surface area (Å²) in [5.41, 5.74) is 0. The molecule has 0 aromatic carbocycles. The molecule has 11 nitrogen and oxygen atoms in total. The number of ether oxygens (including phenoxy) is 11. The van der Waals surface area contributed by atoms with Gasteiger partial charge < -0.3 is 52.1 Å². The Morgan fingerprint density at radius 2 is 0.259 bits per heavy atom. The highest BCUT2D eigenvalue weighted by atomic mass is 16.6. The summed E-state index contributed by atoms with van der Waals surface area (Å²) >= 11 is 0. The second-order valence-corrected chi connectivity index (χ2v) is 15.2. The van der Waals surface area contributed by atoms with Crippen molar-refractivity contribution in [1.82, 2.24) is 0 Å². The highest BCUT2D eigenvalue weighted by Gasteiger charge is 1.99. The third-order valence-electron chi connectivity index (χ3n) is 9.75. The van der Waals surface area contributed by atoms with Crippen LogP contribution in [0.15, 0.2) is 0 Å². The Bertz CT molecular complexity index is 635. The van der Waals surface area contributed by atoms with E-state index in [1.54, 1.807) is 0 Å². The van der Waals surface area contributed by atoms with Crippen LogP contribution in [0.2, 0.25) is 0 Å². The van der Waals surface area contributed by atoms with Gasteiger partial charge in [0, 0.05) is 13.2 Å². The number of rotatable bonds is 55. The van der Waals surface area contributed by atoms with E-state index in [2.05, 4.69) is 13.8 Å². The molecule has 0 aliphatic carbocycles. The van der Waals surface area contributed by atoms with E-state index in [0.29, 0.717) is 132 Å². The maximum Gasteiger partial charge on any atom is 0.0701 e. The summed E-state index contributed by atoms with van der Waals surface area (Å²) < 4.78 is 61.3. The summed E-state index contributed by atoms with van der Waals surface area (Å²) in [4.78, 5) is 0. The second kappa shape index (κ2) is 56.6. The molecule has 0 saturated carbocycles. The molecule has 0 rings (SSSR count). The number of unbranched alkanes of at least 4 members (excludes halogenated alkanes) is 21. The van der Waals surface area contributed by atoms with E-state index < -0.39 is 0 Å².